The Labute approximate surface area is 155 Å². The van der Waals surface area contributed by atoms with Gasteiger partial charge < -0.3 is 20.1 Å². The lowest BCUT2D eigenvalue weighted by molar-refractivity contribution is -0.133. The van der Waals surface area contributed by atoms with Gasteiger partial charge in [0, 0.05) is 19.0 Å². The third kappa shape index (κ3) is 5.11. The van der Waals surface area contributed by atoms with Crippen LogP contribution in [0.2, 0.25) is 0 Å². The third-order valence-corrected chi connectivity index (χ3v) is 4.90. The summed E-state index contributed by atoms with van der Waals surface area (Å²) in [6.07, 6.45) is 1.45. The number of methoxy groups -OCH3 is 2. The summed E-state index contributed by atoms with van der Waals surface area (Å²) in [6, 6.07) is 5.68. The maximum absolute atomic E-state index is 12.7. The van der Waals surface area contributed by atoms with Gasteiger partial charge in [-0.15, -0.1) is 0 Å². The van der Waals surface area contributed by atoms with Crippen LogP contribution in [0.5, 0.6) is 11.5 Å². The molecule has 0 aromatic heterocycles. The molecule has 26 heavy (non-hydrogen) atoms. The molecule has 0 radical (unpaired) electrons. The summed E-state index contributed by atoms with van der Waals surface area (Å²) < 4.78 is 10.6. The smallest absolute Gasteiger partial charge is 0.237 e. The van der Waals surface area contributed by atoms with Crippen molar-refractivity contribution in [2.24, 2.45) is 11.7 Å². The van der Waals surface area contributed by atoms with Crippen molar-refractivity contribution in [3.8, 4) is 11.5 Å². The Kier molecular flexibility index (Phi) is 7.26. The first-order valence-corrected chi connectivity index (χ1v) is 8.98. The van der Waals surface area contributed by atoms with Crippen molar-refractivity contribution in [3.63, 3.8) is 0 Å². The van der Waals surface area contributed by atoms with Gasteiger partial charge in [-0.05, 0) is 50.6 Å². The van der Waals surface area contributed by atoms with Crippen molar-refractivity contribution >= 4 is 11.8 Å². The van der Waals surface area contributed by atoms with Gasteiger partial charge in [0.2, 0.25) is 11.8 Å². The number of likely N-dealkylation sites (N-methyl/N-ethyl adjacent to an activating group) is 1. The van der Waals surface area contributed by atoms with Gasteiger partial charge in [-0.1, -0.05) is 6.07 Å². The van der Waals surface area contributed by atoms with Crippen LogP contribution in [0.3, 0.4) is 0 Å². The molecule has 0 spiro atoms. The SMILES string of the molecule is CCN(Cc1ccc(OC)c(OC)c1)C(=O)CN1CCC(C(N)=O)CC1. The third-order valence-electron chi connectivity index (χ3n) is 4.90. The van der Waals surface area contributed by atoms with E-state index in [0.29, 0.717) is 31.1 Å². The lowest BCUT2D eigenvalue weighted by atomic mass is 9.96. The first-order valence-electron chi connectivity index (χ1n) is 8.98. The van der Waals surface area contributed by atoms with E-state index in [-0.39, 0.29) is 17.7 Å². The summed E-state index contributed by atoms with van der Waals surface area (Å²) in [4.78, 5) is 27.8. The minimum atomic E-state index is -0.236. The Morgan fingerprint density at radius 2 is 1.85 bits per heavy atom. The summed E-state index contributed by atoms with van der Waals surface area (Å²) >= 11 is 0. The maximum Gasteiger partial charge on any atom is 0.237 e. The van der Waals surface area contributed by atoms with Crippen molar-refractivity contribution < 1.29 is 19.1 Å². The molecule has 1 saturated heterocycles. The second-order valence-corrected chi connectivity index (χ2v) is 6.55. The lowest BCUT2D eigenvalue weighted by Gasteiger charge is -2.32. The van der Waals surface area contributed by atoms with E-state index in [1.165, 1.54) is 0 Å². The summed E-state index contributed by atoms with van der Waals surface area (Å²) in [6.45, 7) is 4.95. The number of carbonyl (C=O) groups excluding carboxylic acids is 2. The molecule has 1 aliphatic heterocycles. The number of carbonyl (C=O) groups is 2. The van der Waals surface area contributed by atoms with Gasteiger partial charge in [0.1, 0.15) is 0 Å². The van der Waals surface area contributed by atoms with Crippen LogP contribution in [0, 0.1) is 5.92 Å². The summed E-state index contributed by atoms with van der Waals surface area (Å²) in [7, 11) is 3.20. The zero-order valence-corrected chi connectivity index (χ0v) is 15.9. The van der Waals surface area contributed by atoms with E-state index >= 15 is 0 Å². The number of ether oxygens (including phenoxy) is 2. The standard InChI is InChI=1S/C19H29N3O4/c1-4-22(12-14-5-6-16(25-2)17(11-14)26-3)18(23)13-21-9-7-15(8-10-21)19(20)24/h5-6,11,15H,4,7-10,12-13H2,1-3H3,(H2,20,24). The van der Waals surface area contributed by atoms with Crippen molar-refractivity contribution in [2.75, 3.05) is 40.4 Å². The summed E-state index contributed by atoms with van der Waals surface area (Å²) in [5.41, 5.74) is 6.35. The van der Waals surface area contributed by atoms with Crippen LogP contribution in [-0.4, -0.2) is 62.0 Å². The van der Waals surface area contributed by atoms with Crippen molar-refractivity contribution in [3.05, 3.63) is 23.8 Å². The van der Waals surface area contributed by atoms with Crippen LogP contribution in [-0.2, 0) is 16.1 Å². The molecule has 1 heterocycles. The van der Waals surface area contributed by atoms with Crippen molar-refractivity contribution in [1.82, 2.24) is 9.80 Å². The molecule has 1 aromatic carbocycles. The van der Waals surface area contributed by atoms with Crippen LogP contribution < -0.4 is 15.2 Å². The monoisotopic (exact) mass is 363 g/mol. The predicted octanol–water partition coefficient (Wildman–Crippen LogP) is 1.25. The minimum Gasteiger partial charge on any atom is -0.493 e. The highest BCUT2D eigenvalue weighted by atomic mass is 16.5. The molecule has 1 fully saturated rings. The maximum atomic E-state index is 12.7. The number of primary amides is 1. The first-order chi connectivity index (χ1) is 12.5. The number of rotatable bonds is 8. The average molecular weight is 363 g/mol. The molecule has 1 aromatic rings. The molecule has 0 bridgehead atoms. The number of hydrogen-bond donors (Lipinski definition) is 1. The van der Waals surface area contributed by atoms with Gasteiger partial charge in [-0.25, -0.2) is 0 Å². The fourth-order valence-corrected chi connectivity index (χ4v) is 3.24. The number of likely N-dealkylation sites (tertiary alicyclic amines) is 1. The lowest BCUT2D eigenvalue weighted by Crippen LogP contribution is -2.44. The highest BCUT2D eigenvalue weighted by Crippen LogP contribution is 2.28. The number of nitrogens with zero attached hydrogens (tertiary/aromatic N) is 2. The second kappa shape index (κ2) is 9.43. The Morgan fingerprint density at radius 3 is 2.38 bits per heavy atom. The number of benzene rings is 1. The van der Waals surface area contributed by atoms with E-state index in [1.54, 1.807) is 14.2 Å². The predicted molar refractivity (Wildman–Crippen MR) is 99.0 cm³/mol. The summed E-state index contributed by atoms with van der Waals surface area (Å²) in [5, 5.41) is 0. The molecular weight excluding hydrogens is 334 g/mol. The molecule has 0 unspecified atom stereocenters. The molecule has 2 rings (SSSR count). The average Bonchev–Trinajstić information content (AvgIpc) is 2.66. The molecule has 2 amide bonds. The molecule has 144 valence electrons. The largest absolute Gasteiger partial charge is 0.493 e. The van der Waals surface area contributed by atoms with E-state index in [9.17, 15) is 9.59 Å². The number of piperidine rings is 1. The van der Waals surface area contributed by atoms with Crippen LogP contribution in [0.15, 0.2) is 18.2 Å². The molecule has 1 aliphatic rings. The van der Waals surface area contributed by atoms with E-state index < -0.39 is 0 Å². The van der Waals surface area contributed by atoms with E-state index in [0.717, 1.165) is 31.5 Å². The van der Waals surface area contributed by atoms with E-state index in [4.69, 9.17) is 15.2 Å². The topological polar surface area (TPSA) is 85.1 Å². The molecule has 7 nitrogen and oxygen atoms in total. The first kappa shape index (κ1) is 20.0. The van der Waals surface area contributed by atoms with Crippen LogP contribution >= 0.6 is 0 Å². The number of nitrogens with two attached hydrogens (primary N) is 1. The number of amides is 2. The van der Waals surface area contributed by atoms with Gasteiger partial charge in [0.05, 0.1) is 20.8 Å². The molecule has 0 aliphatic carbocycles. The van der Waals surface area contributed by atoms with Crippen LogP contribution in [0.4, 0.5) is 0 Å². The highest BCUT2D eigenvalue weighted by molar-refractivity contribution is 5.78. The Morgan fingerprint density at radius 1 is 1.19 bits per heavy atom. The van der Waals surface area contributed by atoms with Gasteiger partial charge in [0.15, 0.2) is 11.5 Å². The Bertz CT molecular complexity index is 627. The molecule has 0 saturated carbocycles. The molecule has 0 atom stereocenters. The van der Waals surface area contributed by atoms with Crippen molar-refractivity contribution in [2.45, 2.75) is 26.3 Å². The van der Waals surface area contributed by atoms with Gasteiger partial charge in [0.25, 0.3) is 0 Å². The highest BCUT2D eigenvalue weighted by Gasteiger charge is 2.25. The Hall–Kier alpha value is -2.28. The molecular formula is C19H29N3O4. The zero-order chi connectivity index (χ0) is 19.1. The minimum absolute atomic E-state index is 0.0598. The fourth-order valence-electron chi connectivity index (χ4n) is 3.24. The van der Waals surface area contributed by atoms with Crippen molar-refractivity contribution in [1.29, 1.82) is 0 Å². The normalized spacial score (nSPS) is 15.5. The van der Waals surface area contributed by atoms with E-state index in [1.807, 2.05) is 30.0 Å². The summed E-state index contributed by atoms with van der Waals surface area (Å²) in [5.74, 6) is 1.11. The Balaban J connectivity index is 1.94. The molecule has 7 heteroatoms. The fraction of sp³-hybridized carbons (Fsp3) is 0.579. The quantitative estimate of drug-likeness (QED) is 0.751. The van der Waals surface area contributed by atoms with Crippen LogP contribution in [0.1, 0.15) is 25.3 Å². The molecule has 2 N–H and O–H groups in total. The van der Waals surface area contributed by atoms with Gasteiger partial charge in [-0.2, -0.15) is 0 Å². The van der Waals surface area contributed by atoms with Crippen LogP contribution in [0.25, 0.3) is 0 Å². The van der Waals surface area contributed by atoms with E-state index in [2.05, 4.69) is 4.90 Å². The van der Waals surface area contributed by atoms with Gasteiger partial charge in [-0.3, -0.25) is 14.5 Å². The number of hydrogen-bond acceptors (Lipinski definition) is 5. The second-order valence-electron chi connectivity index (χ2n) is 6.55. The van der Waals surface area contributed by atoms with Gasteiger partial charge >= 0.3 is 0 Å². The zero-order valence-electron chi connectivity index (χ0n) is 15.9.